The van der Waals surface area contributed by atoms with E-state index in [0.717, 1.165) is 66.3 Å². The van der Waals surface area contributed by atoms with E-state index in [4.69, 9.17) is 51.8 Å². The van der Waals surface area contributed by atoms with Crippen LogP contribution in [0.15, 0.2) is 260 Å². The summed E-state index contributed by atoms with van der Waals surface area (Å²) in [5.41, 5.74) is 10.3. The summed E-state index contributed by atoms with van der Waals surface area (Å²) in [4.78, 5) is 1.12. The minimum absolute atomic E-state index is 0.0536. The molecule has 0 aliphatic carbocycles. The van der Waals surface area contributed by atoms with E-state index >= 15 is 0 Å². The Hall–Kier alpha value is -7.05. The van der Waals surface area contributed by atoms with Crippen LogP contribution in [0.25, 0.3) is 11.1 Å². The molecule has 0 saturated carbocycles. The van der Waals surface area contributed by atoms with Crippen LogP contribution >= 0.6 is 11.8 Å². The van der Waals surface area contributed by atoms with Crippen molar-refractivity contribution in [2.45, 2.75) is 158 Å². The first-order valence-corrected chi connectivity index (χ1v) is 36.8. The largest absolute Gasteiger partial charge is 0.543 e. The SMILES string of the molecule is Cc1ccc(-c2cccc(O[Si](C)(C)C(C)(C)C)c2)cc1SC[C@@H]1OC(COCc2ccccc2)[C@@H](O[C@@H]2OC(COCc3ccccc3)[C@@H](OCc3ccccc3)[C@@H](OCc3ccccc3)C2OCc2ccccc2)[C@@H](OCc2ccccc2)C1OCc1ccccc1. The van der Waals surface area contributed by atoms with E-state index in [1.54, 1.807) is 11.8 Å². The van der Waals surface area contributed by atoms with Crippen molar-refractivity contribution >= 4 is 20.1 Å². The zero-order valence-corrected chi connectivity index (χ0v) is 56.8. The Bertz CT molecular complexity index is 3640. The van der Waals surface area contributed by atoms with Crippen molar-refractivity contribution in [3.63, 3.8) is 0 Å². The Morgan fingerprint density at radius 3 is 1.18 bits per heavy atom. The minimum Gasteiger partial charge on any atom is -0.543 e. The summed E-state index contributed by atoms with van der Waals surface area (Å²) in [5.74, 6) is 1.39. The van der Waals surface area contributed by atoms with Gasteiger partial charge in [-0.3, -0.25) is 0 Å². The molecule has 10 atom stereocenters. The van der Waals surface area contributed by atoms with Crippen LogP contribution in [-0.2, 0) is 93.6 Å². The van der Waals surface area contributed by atoms with Crippen molar-refractivity contribution in [3.8, 4) is 16.9 Å². The van der Waals surface area contributed by atoms with E-state index in [1.165, 1.54) is 0 Å². The van der Waals surface area contributed by atoms with Crippen LogP contribution in [0, 0.1) is 6.92 Å². The monoisotopic (exact) mass is 1300 g/mol. The molecule has 0 amide bonds. The Labute approximate surface area is 562 Å². The summed E-state index contributed by atoms with van der Waals surface area (Å²) < 4.78 is 79.6. The van der Waals surface area contributed by atoms with Crippen molar-refractivity contribution in [1.29, 1.82) is 0 Å². The normalized spacial score (nSPS) is 21.6. The molecule has 0 N–H and O–H groups in total. The summed E-state index contributed by atoms with van der Waals surface area (Å²) in [6, 6.07) is 86.5. The topological polar surface area (TPSA) is 102 Å². The molecule has 2 heterocycles. The molecule has 11 rings (SSSR count). The maximum Gasteiger partial charge on any atom is 0.250 e. The predicted octanol–water partition coefficient (Wildman–Crippen LogP) is 17.4. The standard InChI is InChI=1S/C81H90O11SSi/c1-59-45-46-68(67-43-28-44-69(47-67)92-94(5,6)81(2,3)4)48-73(59)93-58-72-75(85-52-63-35-20-10-21-36-63)77(86-53-64-37-22-11-23-38-64)76(71(89-72)57-83-50-61-31-16-8-17-32-61)91-80-79(88-55-66-41-26-13-27-42-66)78(87-54-65-39-24-12-25-40-65)74(84-51-62-33-18-9-19-34-62)70(90-80)56-82-49-60-29-14-7-15-30-60/h7-48,70-72,74-80H,49-58H2,1-6H3/t70?,71?,72-,74+,75?,76+,77-,78+,79?,80-/m0/s1. The Morgan fingerprint density at radius 2 is 0.745 bits per heavy atom. The quantitative estimate of drug-likeness (QED) is 0.0305. The molecule has 11 nitrogen and oxygen atoms in total. The molecule has 13 heteroatoms. The van der Waals surface area contributed by atoms with Crippen LogP contribution in [0.1, 0.15) is 65.3 Å². The molecule has 9 aromatic carbocycles. The fourth-order valence-corrected chi connectivity index (χ4v) is 13.7. The van der Waals surface area contributed by atoms with Gasteiger partial charge in [0.25, 0.3) is 0 Å². The number of aryl methyl sites for hydroxylation is 1. The molecule has 2 saturated heterocycles. The molecule has 2 aliphatic heterocycles. The first-order chi connectivity index (χ1) is 45.9. The van der Waals surface area contributed by atoms with Crippen LogP contribution in [-0.4, -0.2) is 88.5 Å². The highest BCUT2D eigenvalue weighted by molar-refractivity contribution is 7.99. The fourth-order valence-electron chi connectivity index (χ4n) is 11.5. The highest BCUT2D eigenvalue weighted by atomic mass is 32.2. The van der Waals surface area contributed by atoms with E-state index in [-0.39, 0.29) is 51.3 Å². The Balaban J connectivity index is 0.991. The first kappa shape index (κ1) is 68.3. The molecule has 0 spiro atoms. The maximum absolute atomic E-state index is 7.81. The van der Waals surface area contributed by atoms with Gasteiger partial charge in [-0.2, -0.15) is 0 Å². The molecule has 0 bridgehead atoms. The van der Waals surface area contributed by atoms with Gasteiger partial charge in [0.1, 0.15) is 54.6 Å². The molecule has 9 aromatic rings. The molecule has 2 aliphatic rings. The average molecular weight is 1300 g/mol. The van der Waals surface area contributed by atoms with E-state index < -0.39 is 69.5 Å². The van der Waals surface area contributed by atoms with Gasteiger partial charge in [0.15, 0.2) is 6.29 Å². The minimum atomic E-state index is -2.10. The predicted molar refractivity (Wildman–Crippen MR) is 375 cm³/mol. The second kappa shape index (κ2) is 34.1. The summed E-state index contributed by atoms with van der Waals surface area (Å²) in [5, 5.41) is 0.0536. The van der Waals surface area contributed by atoms with E-state index in [2.05, 4.69) is 168 Å². The Morgan fingerprint density at radius 1 is 0.372 bits per heavy atom. The third-order valence-corrected chi connectivity index (χ3v) is 23.4. The lowest BCUT2D eigenvalue weighted by Gasteiger charge is -2.50. The van der Waals surface area contributed by atoms with Crippen molar-refractivity contribution in [2.75, 3.05) is 19.0 Å². The van der Waals surface area contributed by atoms with Gasteiger partial charge in [-0.05, 0) is 98.9 Å². The molecule has 2 fully saturated rings. The zero-order valence-electron chi connectivity index (χ0n) is 55.0. The lowest BCUT2D eigenvalue weighted by molar-refractivity contribution is -0.362. The third-order valence-electron chi connectivity index (χ3n) is 17.8. The van der Waals surface area contributed by atoms with Gasteiger partial charge in [0.2, 0.25) is 8.32 Å². The van der Waals surface area contributed by atoms with E-state index in [9.17, 15) is 0 Å². The van der Waals surface area contributed by atoms with Crippen LogP contribution in [0.5, 0.6) is 5.75 Å². The van der Waals surface area contributed by atoms with Crippen molar-refractivity contribution in [1.82, 2.24) is 0 Å². The van der Waals surface area contributed by atoms with Crippen LogP contribution in [0.2, 0.25) is 18.1 Å². The lowest BCUT2D eigenvalue weighted by atomic mass is 9.93. The number of hydrogen-bond acceptors (Lipinski definition) is 12. The van der Waals surface area contributed by atoms with Crippen LogP contribution in [0.3, 0.4) is 0 Å². The molecule has 0 radical (unpaired) electrons. The van der Waals surface area contributed by atoms with E-state index in [1.807, 2.05) is 127 Å². The van der Waals surface area contributed by atoms with Crippen molar-refractivity contribution in [2.24, 2.45) is 0 Å². The third kappa shape index (κ3) is 19.3. The number of thioether (sulfide) groups is 1. The lowest BCUT2D eigenvalue weighted by Crippen LogP contribution is -2.66. The van der Waals surface area contributed by atoms with E-state index in [0.29, 0.717) is 19.0 Å². The van der Waals surface area contributed by atoms with Gasteiger partial charge < -0.3 is 51.8 Å². The molecule has 0 aromatic heterocycles. The van der Waals surface area contributed by atoms with Gasteiger partial charge >= 0.3 is 0 Å². The van der Waals surface area contributed by atoms with Gasteiger partial charge in [-0.15, -0.1) is 11.8 Å². The van der Waals surface area contributed by atoms with Crippen LogP contribution in [0.4, 0.5) is 0 Å². The maximum atomic E-state index is 7.81. The highest BCUT2D eigenvalue weighted by Gasteiger charge is 2.54. The van der Waals surface area contributed by atoms with Gasteiger partial charge in [0, 0.05) is 10.6 Å². The summed E-state index contributed by atoms with van der Waals surface area (Å²) in [6.07, 6.45) is -7.82. The second-order valence-electron chi connectivity index (χ2n) is 25.8. The van der Waals surface area contributed by atoms with Gasteiger partial charge in [0.05, 0.1) is 65.6 Å². The summed E-state index contributed by atoms with van der Waals surface area (Å²) >= 11 is 1.74. The van der Waals surface area contributed by atoms with Crippen LogP contribution < -0.4 is 4.43 Å². The number of benzene rings is 9. The summed E-state index contributed by atoms with van der Waals surface area (Å²) in [6.45, 7) is 15.8. The molecule has 4 unspecified atom stereocenters. The Kier molecular flexibility index (Phi) is 24.8. The van der Waals surface area contributed by atoms with Gasteiger partial charge in [-0.1, -0.05) is 257 Å². The molecule has 490 valence electrons. The molecular formula is C81H90O11SSi. The molecule has 94 heavy (non-hydrogen) atoms. The smallest absolute Gasteiger partial charge is 0.250 e. The van der Waals surface area contributed by atoms with Gasteiger partial charge in [-0.25, -0.2) is 0 Å². The first-order valence-electron chi connectivity index (χ1n) is 32.9. The number of rotatable bonds is 31. The van der Waals surface area contributed by atoms with Crippen molar-refractivity contribution < 1.29 is 51.8 Å². The fraction of sp³-hybridized carbons (Fsp3) is 0.333. The summed E-state index contributed by atoms with van der Waals surface area (Å²) in [7, 11) is -2.10. The number of hydrogen-bond donors (Lipinski definition) is 0. The zero-order chi connectivity index (χ0) is 65.0. The van der Waals surface area contributed by atoms with Crippen molar-refractivity contribution in [3.05, 3.63) is 299 Å². The molecular weight excluding hydrogens is 1210 g/mol. The average Bonchev–Trinajstić information content (AvgIpc) is 0.799. The second-order valence-corrected chi connectivity index (χ2v) is 31.6. The number of ether oxygens (including phenoxy) is 10. The highest BCUT2D eigenvalue weighted by Crippen LogP contribution is 2.41.